The van der Waals surface area contributed by atoms with Crippen molar-refractivity contribution >= 4 is 34.6 Å². The molecule has 26 heavy (non-hydrogen) atoms. The standard InChI is InChI=1S/C19H21ClFN3OS/c20-17-10-15(6-7-18(17)21)23-19(26)22-11-16-13-24(8-9-25-16)12-14-4-2-1-3-5-14/h1-7,10,16H,8-9,11-13H2,(H2,22,23,26)/p+1/t16-/m1/s1. The van der Waals surface area contributed by atoms with Gasteiger partial charge in [-0.2, -0.15) is 0 Å². The van der Waals surface area contributed by atoms with Gasteiger partial charge >= 0.3 is 0 Å². The number of hydrogen-bond acceptors (Lipinski definition) is 2. The molecule has 1 aliphatic heterocycles. The summed E-state index contributed by atoms with van der Waals surface area (Å²) in [4.78, 5) is 1.50. The number of rotatable bonds is 5. The largest absolute Gasteiger partial charge is 0.365 e. The number of anilines is 1. The Bertz CT molecular complexity index is 747. The molecule has 0 aromatic heterocycles. The van der Waals surface area contributed by atoms with Gasteiger partial charge in [0.25, 0.3) is 0 Å². The van der Waals surface area contributed by atoms with Crippen LogP contribution in [0.3, 0.4) is 0 Å². The van der Waals surface area contributed by atoms with Gasteiger partial charge in [0.1, 0.15) is 31.6 Å². The van der Waals surface area contributed by atoms with Crippen LogP contribution >= 0.6 is 23.8 Å². The lowest BCUT2D eigenvalue weighted by molar-refractivity contribution is -0.925. The molecule has 0 amide bonds. The van der Waals surface area contributed by atoms with Gasteiger partial charge in [-0.15, -0.1) is 0 Å². The minimum atomic E-state index is -0.451. The Kier molecular flexibility index (Phi) is 6.80. The van der Waals surface area contributed by atoms with Gasteiger partial charge in [-0.3, -0.25) is 0 Å². The van der Waals surface area contributed by atoms with Crippen molar-refractivity contribution in [2.45, 2.75) is 12.6 Å². The van der Waals surface area contributed by atoms with Crippen LogP contribution in [-0.4, -0.2) is 37.5 Å². The number of halogens is 2. The van der Waals surface area contributed by atoms with Crippen molar-refractivity contribution in [2.75, 3.05) is 31.6 Å². The van der Waals surface area contributed by atoms with E-state index in [1.165, 1.54) is 22.6 Å². The molecule has 138 valence electrons. The van der Waals surface area contributed by atoms with Gasteiger partial charge in [-0.05, 0) is 30.4 Å². The Hall–Kier alpha value is -1.73. The van der Waals surface area contributed by atoms with E-state index in [0.29, 0.717) is 17.3 Å². The number of quaternary nitrogens is 1. The minimum Gasteiger partial charge on any atom is -0.365 e. The van der Waals surface area contributed by atoms with Crippen LogP contribution in [0.1, 0.15) is 5.56 Å². The summed E-state index contributed by atoms with van der Waals surface area (Å²) in [7, 11) is 0. The van der Waals surface area contributed by atoms with E-state index < -0.39 is 5.82 Å². The molecule has 3 rings (SSSR count). The summed E-state index contributed by atoms with van der Waals surface area (Å²) in [6.45, 7) is 4.29. The third-order valence-corrected chi connectivity index (χ3v) is 4.83. The summed E-state index contributed by atoms with van der Waals surface area (Å²) in [5, 5.41) is 6.70. The van der Waals surface area contributed by atoms with E-state index in [9.17, 15) is 4.39 Å². The fraction of sp³-hybridized carbons (Fsp3) is 0.316. The first-order valence-corrected chi connectivity index (χ1v) is 9.38. The van der Waals surface area contributed by atoms with Crippen LogP contribution in [0.2, 0.25) is 5.02 Å². The third kappa shape index (κ3) is 5.64. The summed E-state index contributed by atoms with van der Waals surface area (Å²) in [5.74, 6) is -0.451. The van der Waals surface area contributed by atoms with Crippen molar-refractivity contribution in [3.63, 3.8) is 0 Å². The topological polar surface area (TPSA) is 37.7 Å². The highest BCUT2D eigenvalue weighted by Crippen LogP contribution is 2.19. The van der Waals surface area contributed by atoms with Gasteiger partial charge in [0.2, 0.25) is 0 Å². The summed E-state index contributed by atoms with van der Waals surface area (Å²) < 4.78 is 19.0. The maximum atomic E-state index is 13.2. The Morgan fingerprint density at radius 3 is 2.85 bits per heavy atom. The summed E-state index contributed by atoms with van der Waals surface area (Å²) in [6.07, 6.45) is 0.0963. The number of nitrogens with one attached hydrogen (secondary N) is 3. The predicted octanol–water partition coefficient (Wildman–Crippen LogP) is 2.25. The molecule has 1 heterocycles. The number of ether oxygens (including phenoxy) is 1. The zero-order valence-corrected chi connectivity index (χ0v) is 15.9. The molecule has 0 radical (unpaired) electrons. The second kappa shape index (κ2) is 9.28. The Morgan fingerprint density at radius 2 is 2.08 bits per heavy atom. The fourth-order valence-corrected chi connectivity index (χ4v) is 3.37. The Balaban J connectivity index is 1.44. The van der Waals surface area contributed by atoms with Crippen molar-refractivity contribution in [3.05, 3.63) is 64.9 Å². The summed E-state index contributed by atoms with van der Waals surface area (Å²) in [6, 6.07) is 14.9. The molecule has 1 unspecified atom stereocenters. The molecule has 1 fully saturated rings. The van der Waals surface area contributed by atoms with E-state index in [0.717, 1.165) is 26.2 Å². The van der Waals surface area contributed by atoms with E-state index in [1.807, 2.05) is 6.07 Å². The van der Waals surface area contributed by atoms with Crippen LogP contribution < -0.4 is 15.5 Å². The predicted molar refractivity (Wildman–Crippen MR) is 106 cm³/mol. The number of morpholine rings is 1. The SMILES string of the molecule is Fc1ccc(NC(=S)NC[C@@H]2C[NH+](Cc3ccccc3)CCO2)cc1Cl. The molecule has 2 aromatic rings. The molecular formula is C19H22ClFN3OS+. The third-order valence-electron chi connectivity index (χ3n) is 4.29. The normalized spacial score (nSPS) is 19.8. The van der Waals surface area contributed by atoms with Gasteiger partial charge < -0.3 is 20.3 Å². The molecule has 0 bridgehead atoms. The Labute approximate surface area is 163 Å². The van der Waals surface area contributed by atoms with Gasteiger partial charge in [-0.1, -0.05) is 41.9 Å². The van der Waals surface area contributed by atoms with Crippen molar-refractivity contribution < 1.29 is 14.0 Å². The quantitative estimate of drug-likeness (QED) is 0.680. The summed E-state index contributed by atoms with van der Waals surface area (Å²) >= 11 is 11.1. The fourth-order valence-electron chi connectivity index (χ4n) is 2.98. The van der Waals surface area contributed by atoms with Crippen LogP contribution in [0.25, 0.3) is 0 Å². The lowest BCUT2D eigenvalue weighted by Crippen LogP contribution is -3.13. The van der Waals surface area contributed by atoms with Crippen molar-refractivity contribution in [1.82, 2.24) is 5.32 Å². The second-order valence-electron chi connectivity index (χ2n) is 6.32. The highest BCUT2D eigenvalue weighted by molar-refractivity contribution is 7.80. The molecule has 3 N–H and O–H groups in total. The molecule has 2 atom stereocenters. The van der Waals surface area contributed by atoms with Crippen LogP contribution in [-0.2, 0) is 11.3 Å². The van der Waals surface area contributed by atoms with E-state index in [-0.39, 0.29) is 11.1 Å². The van der Waals surface area contributed by atoms with Crippen LogP contribution in [0.5, 0.6) is 0 Å². The zero-order chi connectivity index (χ0) is 18.4. The first-order valence-electron chi connectivity index (χ1n) is 8.59. The van der Waals surface area contributed by atoms with E-state index in [4.69, 9.17) is 28.6 Å². The maximum Gasteiger partial charge on any atom is 0.170 e. The molecule has 1 aliphatic rings. The molecule has 0 aliphatic carbocycles. The number of hydrogen-bond donors (Lipinski definition) is 3. The molecule has 1 saturated heterocycles. The Morgan fingerprint density at radius 1 is 1.27 bits per heavy atom. The molecule has 7 heteroatoms. The lowest BCUT2D eigenvalue weighted by Gasteiger charge is -2.30. The average molecular weight is 395 g/mol. The van der Waals surface area contributed by atoms with Crippen LogP contribution in [0.15, 0.2) is 48.5 Å². The first kappa shape index (κ1) is 19.0. The molecular weight excluding hydrogens is 373 g/mol. The molecule has 0 saturated carbocycles. The molecule has 2 aromatic carbocycles. The first-order chi connectivity index (χ1) is 12.6. The highest BCUT2D eigenvalue weighted by atomic mass is 35.5. The van der Waals surface area contributed by atoms with Crippen molar-refractivity contribution in [1.29, 1.82) is 0 Å². The zero-order valence-electron chi connectivity index (χ0n) is 14.3. The molecule has 4 nitrogen and oxygen atoms in total. The number of benzene rings is 2. The minimum absolute atomic E-state index is 0.0635. The van der Waals surface area contributed by atoms with Gasteiger partial charge in [0.05, 0.1) is 11.6 Å². The van der Waals surface area contributed by atoms with E-state index >= 15 is 0 Å². The maximum absolute atomic E-state index is 13.2. The second-order valence-corrected chi connectivity index (χ2v) is 7.14. The van der Waals surface area contributed by atoms with Gasteiger partial charge in [0, 0.05) is 17.8 Å². The molecule has 0 spiro atoms. The lowest BCUT2D eigenvalue weighted by atomic mass is 10.2. The highest BCUT2D eigenvalue weighted by Gasteiger charge is 2.23. The smallest absolute Gasteiger partial charge is 0.170 e. The van der Waals surface area contributed by atoms with Gasteiger partial charge in [-0.25, -0.2) is 4.39 Å². The van der Waals surface area contributed by atoms with Crippen molar-refractivity contribution in [3.8, 4) is 0 Å². The average Bonchev–Trinajstić information content (AvgIpc) is 2.64. The van der Waals surface area contributed by atoms with E-state index in [2.05, 4.69) is 34.9 Å². The summed E-state index contributed by atoms with van der Waals surface area (Å²) in [5.41, 5.74) is 1.98. The van der Waals surface area contributed by atoms with Crippen LogP contribution in [0.4, 0.5) is 10.1 Å². The van der Waals surface area contributed by atoms with Crippen LogP contribution in [0, 0.1) is 5.82 Å². The number of thiocarbonyl (C=S) groups is 1. The van der Waals surface area contributed by atoms with Gasteiger partial charge in [0.15, 0.2) is 5.11 Å². The van der Waals surface area contributed by atoms with E-state index in [1.54, 1.807) is 6.07 Å². The monoisotopic (exact) mass is 394 g/mol. The van der Waals surface area contributed by atoms with Crippen molar-refractivity contribution in [2.24, 2.45) is 0 Å².